The van der Waals surface area contributed by atoms with Gasteiger partial charge in [0.1, 0.15) is 5.70 Å². The van der Waals surface area contributed by atoms with Crippen LogP contribution in [-0.4, -0.2) is 29.9 Å². The van der Waals surface area contributed by atoms with Crippen LogP contribution in [0.25, 0.3) is 0 Å². The summed E-state index contributed by atoms with van der Waals surface area (Å²) in [5, 5.41) is 2.48. The third kappa shape index (κ3) is 6.44. The van der Waals surface area contributed by atoms with Crippen LogP contribution >= 0.6 is 11.8 Å². The van der Waals surface area contributed by atoms with Gasteiger partial charge in [-0.2, -0.15) is 0 Å². The summed E-state index contributed by atoms with van der Waals surface area (Å²) in [6.07, 6.45) is 2.20. The lowest BCUT2D eigenvalue weighted by atomic mass is 10.2. The van der Waals surface area contributed by atoms with Gasteiger partial charge in [-0.25, -0.2) is 4.79 Å². The van der Waals surface area contributed by atoms with Crippen molar-refractivity contribution in [3.05, 3.63) is 11.8 Å². The lowest BCUT2D eigenvalue weighted by Gasteiger charge is -2.12. The maximum atomic E-state index is 11.8. The van der Waals surface area contributed by atoms with Gasteiger partial charge in [0.05, 0.1) is 7.11 Å². The SMILES string of the molecule is CCC=C(NC(=O)C(C)CSC(C)=O)C(=O)OC. The molecule has 0 aliphatic carbocycles. The van der Waals surface area contributed by atoms with Gasteiger partial charge in [-0.15, -0.1) is 0 Å². The molecular weight excluding hydrogens is 254 g/mol. The van der Waals surface area contributed by atoms with Crippen LogP contribution in [0.15, 0.2) is 11.8 Å². The Balaban J connectivity index is 4.46. The molecule has 0 spiro atoms. The van der Waals surface area contributed by atoms with Crippen LogP contribution < -0.4 is 5.32 Å². The van der Waals surface area contributed by atoms with Crippen LogP contribution in [0, 0.1) is 5.92 Å². The second-order valence-corrected chi connectivity index (χ2v) is 4.91. The van der Waals surface area contributed by atoms with E-state index in [1.807, 2.05) is 6.92 Å². The van der Waals surface area contributed by atoms with Crippen LogP contribution in [-0.2, 0) is 19.1 Å². The summed E-state index contributed by atoms with van der Waals surface area (Å²) in [5.41, 5.74) is 0.143. The van der Waals surface area contributed by atoms with Crippen LogP contribution in [0.3, 0.4) is 0 Å². The Bertz CT molecular complexity index is 352. The average Bonchev–Trinajstić information content (AvgIpc) is 2.34. The maximum Gasteiger partial charge on any atom is 0.354 e. The normalized spacial score (nSPS) is 12.8. The van der Waals surface area contributed by atoms with Gasteiger partial charge < -0.3 is 10.1 Å². The molecule has 0 saturated carbocycles. The highest BCUT2D eigenvalue weighted by Gasteiger charge is 2.18. The Morgan fingerprint density at radius 3 is 2.44 bits per heavy atom. The minimum atomic E-state index is -0.573. The Kier molecular flexibility index (Phi) is 8.11. The van der Waals surface area contributed by atoms with E-state index in [-0.39, 0.29) is 22.6 Å². The molecule has 102 valence electrons. The molecule has 0 saturated heterocycles. The largest absolute Gasteiger partial charge is 0.464 e. The number of esters is 1. The van der Waals surface area contributed by atoms with Crippen molar-refractivity contribution in [3.8, 4) is 0 Å². The predicted octanol–water partition coefficient (Wildman–Crippen LogP) is 1.49. The van der Waals surface area contributed by atoms with Crippen LogP contribution in [0.1, 0.15) is 27.2 Å². The zero-order chi connectivity index (χ0) is 14.1. The van der Waals surface area contributed by atoms with E-state index in [0.29, 0.717) is 12.2 Å². The second kappa shape index (κ2) is 8.74. The molecule has 1 atom stereocenters. The first kappa shape index (κ1) is 16.7. The molecule has 1 amide bonds. The quantitative estimate of drug-likeness (QED) is 0.586. The number of methoxy groups -OCH3 is 1. The molecule has 1 unspecified atom stereocenters. The van der Waals surface area contributed by atoms with Gasteiger partial charge in [0.25, 0.3) is 0 Å². The van der Waals surface area contributed by atoms with Crippen LogP contribution in [0.4, 0.5) is 0 Å². The third-order valence-corrected chi connectivity index (χ3v) is 3.13. The van der Waals surface area contributed by atoms with Gasteiger partial charge in [0.15, 0.2) is 5.12 Å². The topological polar surface area (TPSA) is 72.5 Å². The second-order valence-electron chi connectivity index (χ2n) is 3.71. The van der Waals surface area contributed by atoms with E-state index < -0.39 is 5.97 Å². The van der Waals surface area contributed by atoms with Crippen LogP contribution in [0.5, 0.6) is 0 Å². The number of carbonyl (C=O) groups is 3. The zero-order valence-electron chi connectivity index (χ0n) is 11.1. The minimum absolute atomic E-state index is 0.0352. The summed E-state index contributed by atoms with van der Waals surface area (Å²) < 4.78 is 4.56. The molecular formula is C12H19NO4S. The first-order valence-corrected chi connectivity index (χ1v) is 6.63. The fourth-order valence-corrected chi connectivity index (χ4v) is 1.71. The average molecular weight is 273 g/mol. The number of ether oxygens (including phenoxy) is 1. The number of thioether (sulfide) groups is 1. The first-order valence-electron chi connectivity index (χ1n) is 5.65. The predicted molar refractivity (Wildman–Crippen MR) is 70.8 cm³/mol. The number of hydrogen-bond acceptors (Lipinski definition) is 5. The minimum Gasteiger partial charge on any atom is -0.464 e. The van der Waals surface area contributed by atoms with E-state index in [4.69, 9.17) is 0 Å². The molecule has 0 aromatic carbocycles. The van der Waals surface area contributed by atoms with E-state index >= 15 is 0 Å². The number of nitrogens with one attached hydrogen (secondary N) is 1. The van der Waals surface area contributed by atoms with E-state index in [0.717, 1.165) is 11.8 Å². The van der Waals surface area contributed by atoms with Crippen molar-refractivity contribution in [2.75, 3.05) is 12.9 Å². The van der Waals surface area contributed by atoms with Gasteiger partial charge >= 0.3 is 5.97 Å². The molecule has 18 heavy (non-hydrogen) atoms. The fraction of sp³-hybridized carbons (Fsp3) is 0.583. The zero-order valence-corrected chi connectivity index (χ0v) is 11.9. The van der Waals surface area contributed by atoms with E-state index in [9.17, 15) is 14.4 Å². The Hall–Kier alpha value is -1.30. The van der Waals surface area contributed by atoms with Gasteiger partial charge in [-0.05, 0) is 6.42 Å². The fourth-order valence-electron chi connectivity index (χ4n) is 1.07. The summed E-state index contributed by atoms with van der Waals surface area (Å²) in [4.78, 5) is 33.9. The van der Waals surface area contributed by atoms with Crippen molar-refractivity contribution in [1.82, 2.24) is 5.32 Å². The van der Waals surface area contributed by atoms with Crippen molar-refractivity contribution in [2.24, 2.45) is 5.92 Å². The van der Waals surface area contributed by atoms with Gasteiger partial charge in [-0.1, -0.05) is 31.7 Å². The van der Waals surface area contributed by atoms with Crippen molar-refractivity contribution in [2.45, 2.75) is 27.2 Å². The smallest absolute Gasteiger partial charge is 0.354 e. The summed E-state index contributed by atoms with van der Waals surface area (Å²) in [7, 11) is 1.26. The van der Waals surface area contributed by atoms with Crippen molar-refractivity contribution in [3.63, 3.8) is 0 Å². The molecule has 0 aromatic heterocycles. The molecule has 0 radical (unpaired) electrons. The molecule has 0 aromatic rings. The highest BCUT2D eigenvalue weighted by molar-refractivity contribution is 8.13. The molecule has 0 aliphatic rings. The van der Waals surface area contributed by atoms with E-state index in [1.165, 1.54) is 14.0 Å². The summed E-state index contributed by atoms with van der Waals surface area (Å²) >= 11 is 1.09. The molecule has 0 rings (SSSR count). The molecule has 0 heterocycles. The number of amides is 1. The van der Waals surface area contributed by atoms with Gasteiger partial charge in [0, 0.05) is 18.6 Å². The van der Waals surface area contributed by atoms with Gasteiger partial charge in [-0.3, -0.25) is 9.59 Å². The molecule has 1 N–H and O–H groups in total. The highest BCUT2D eigenvalue weighted by Crippen LogP contribution is 2.10. The van der Waals surface area contributed by atoms with E-state index in [1.54, 1.807) is 13.0 Å². The highest BCUT2D eigenvalue weighted by atomic mass is 32.2. The Labute approximate surface area is 111 Å². The Morgan fingerprint density at radius 2 is 2.00 bits per heavy atom. The lowest BCUT2D eigenvalue weighted by Crippen LogP contribution is -2.33. The molecule has 0 bridgehead atoms. The monoisotopic (exact) mass is 273 g/mol. The Morgan fingerprint density at radius 1 is 1.39 bits per heavy atom. The first-order chi connectivity index (χ1) is 8.42. The summed E-state index contributed by atoms with van der Waals surface area (Å²) in [6.45, 7) is 5.00. The lowest BCUT2D eigenvalue weighted by molar-refractivity contribution is -0.138. The maximum absolute atomic E-state index is 11.8. The molecule has 5 nitrogen and oxygen atoms in total. The molecule has 6 heteroatoms. The number of carbonyl (C=O) groups excluding carboxylic acids is 3. The van der Waals surface area contributed by atoms with Gasteiger partial charge in [0.2, 0.25) is 5.91 Å². The van der Waals surface area contributed by atoms with E-state index in [2.05, 4.69) is 10.1 Å². The summed E-state index contributed by atoms with van der Waals surface area (Å²) in [5.74, 6) is -0.837. The van der Waals surface area contributed by atoms with Crippen molar-refractivity contribution < 1.29 is 19.1 Å². The summed E-state index contributed by atoms with van der Waals surface area (Å²) in [6, 6.07) is 0. The van der Waals surface area contributed by atoms with Crippen LogP contribution in [0.2, 0.25) is 0 Å². The molecule has 0 aliphatic heterocycles. The van der Waals surface area contributed by atoms with Crippen molar-refractivity contribution >= 4 is 28.8 Å². The number of hydrogen-bond donors (Lipinski definition) is 1. The number of rotatable bonds is 6. The number of allylic oxidation sites excluding steroid dienone is 1. The van der Waals surface area contributed by atoms with Crippen molar-refractivity contribution in [1.29, 1.82) is 0 Å². The molecule has 0 fully saturated rings. The standard InChI is InChI=1S/C12H19NO4S/c1-5-6-10(12(16)17-4)13-11(15)8(2)7-18-9(3)14/h6,8H,5,7H2,1-4H3,(H,13,15). The third-order valence-electron chi connectivity index (χ3n) is 2.06.